The van der Waals surface area contributed by atoms with Crippen LogP contribution in [0.25, 0.3) is 0 Å². The van der Waals surface area contributed by atoms with Crippen molar-refractivity contribution < 1.29 is 0 Å². The summed E-state index contributed by atoms with van der Waals surface area (Å²) < 4.78 is 0. The van der Waals surface area contributed by atoms with Gasteiger partial charge in [-0.05, 0) is 18.8 Å². The van der Waals surface area contributed by atoms with Crippen molar-refractivity contribution in [2.75, 3.05) is 5.33 Å². The van der Waals surface area contributed by atoms with Crippen molar-refractivity contribution in [2.45, 2.75) is 38.5 Å². The molecule has 0 amide bonds. The standard InChI is InChI=1S/C8H15Br/c9-7-8-5-3-1-2-4-6-8/h8H,1-7H2. The topological polar surface area (TPSA) is 0 Å². The first-order chi connectivity index (χ1) is 4.43. The van der Waals surface area contributed by atoms with E-state index in [1.807, 2.05) is 0 Å². The minimum absolute atomic E-state index is 0.993. The van der Waals surface area contributed by atoms with Crippen molar-refractivity contribution in [2.24, 2.45) is 5.92 Å². The first kappa shape index (κ1) is 7.59. The molecule has 1 saturated carbocycles. The van der Waals surface area contributed by atoms with Crippen LogP contribution in [0.3, 0.4) is 0 Å². The highest BCUT2D eigenvalue weighted by atomic mass is 79.9. The van der Waals surface area contributed by atoms with Crippen LogP contribution in [0.2, 0.25) is 0 Å². The molecule has 1 heteroatoms. The van der Waals surface area contributed by atoms with Gasteiger partial charge < -0.3 is 0 Å². The number of rotatable bonds is 1. The fourth-order valence-electron chi connectivity index (χ4n) is 1.52. The summed E-state index contributed by atoms with van der Waals surface area (Å²) in [5.74, 6) is 0.993. The van der Waals surface area contributed by atoms with Gasteiger partial charge in [-0.25, -0.2) is 0 Å². The summed E-state index contributed by atoms with van der Waals surface area (Å²) in [5.41, 5.74) is 0. The van der Waals surface area contributed by atoms with E-state index >= 15 is 0 Å². The Balaban J connectivity index is 2.18. The second-order valence-electron chi connectivity index (χ2n) is 3.01. The van der Waals surface area contributed by atoms with Gasteiger partial charge >= 0.3 is 0 Å². The van der Waals surface area contributed by atoms with E-state index in [0.29, 0.717) is 0 Å². The molecule has 0 spiro atoms. The fourth-order valence-corrected chi connectivity index (χ4v) is 2.17. The van der Waals surface area contributed by atoms with Crippen LogP contribution in [0.5, 0.6) is 0 Å². The van der Waals surface area contributed by atoms with Gasteiger partial charge in [0, 0.05) is 5.33 Å². The van der Waals surface area contributed by atoms with Gasteiger partial charge in [-0.3, -0.25) is 0 Å². The van der Waals surface area contributed by atoms with Gasteiger partial charge in [0.25, 0.3) is 0 Å². The Morgan fingerprint density at radius 3 is 2.00 bits per heavy atom. The highest BCUT2D eigenvalue weighted by Gasteiger charge is 2.09. The highest BCUT2D eigenvalue weighted by molar-refractivity contribution is 9.09. The van der Waals surface area contributed by atoms with E-state index in [9.17, 15) is 0 Å². The van der Waals surface area contributed by atoms with E-state index in [1.54, 1.807) is 0 Å². The molecule has 0 aromatic rings. The number of halogens is 1. The smallest absolute Gasteiger partial charge is 0.00596 e. The van der Waals surface area contributed by atoms with Gasteiger partial charge in [-0.15, -0.1) is 0 Å². The average molecular weight is 191 g/mol. The molecule has 9 heavy (non-hydrogen) atoms. The third kappa shape index (κ3) is 2.70. The SMILES string of the molecule is BrCC1CCCCCC1. The zero-order chi connectivity index (χ0) is 6.53. The van der Waals surface area contributed by atoms with Crippen molar-refractivity contribution in [1.82, 2.24) is 0 Å². The van der Waals surface area contributed by atoms with Crippen molar-refractivity contribution >= 4 is 15.9 Å². The summed E-state index contributed by atoms with van der Waals surface area (Å²) in [5, 5.41) is 1.23. The van der Waals surface area contributed by atoms with Gasteiger partial charge in [-0.1, -0.05) is 41.6 Å². The molecule has 0 nitrogen and oxygen atoms in total. The summed E-state index contributed by atoms with van der Waals surface area (Å²) in [6.45, 7) is 0. The minimum Gasteiger partial charge on any atom is -0.0925 e. The van der Waals surface area contributed by atoms with Gasteiger partial charge in [-0.2, -0.15) is 0 Å². The maximum Gasteiger partial charge on any atom is 0.00596 e. The fraction of sp³-hybridized carbons (Fsp3) is 1.00. The summed E-state index contributed by atoms with van der Waals surface area (Å²) >= 11 is 3.55. The Kier molecular flexibility index (Phi) is 3.64. The van der Waals surface area contributed by atoms with Crippen LogP contribution in [-0.2, 0) is 0 Å². The van der Waals surface area contributed by atoms with Crippen LogP contribution < -0.4 is 0 Å². The Morgan fingerprint density at radius 2 is 1.56 bits per heavy atom. The maximum atomic E-state index is 3.55. The Bertz CT molecular complexity index is 63.0. The first-order valence-corrected chi connectivity index (χ1v) is 5.11. The van der Waals surface area contributed by atoms with Crippen molar-refractivity contribution in [3.05, 3.63) is 0 Å². The molecule has 1 rings (SSSR count). The molecule has 1 aliphatic rings. The van der Waals surface area contributed by atoms with Crippen molar-refractivity contribution in [3.63, 3.8) is 0 Å². The minimum atomic E-state index is 0.993. The third-order valence-electron chi connectivity index (χ3n) is 2.19. The summed E-state index contributed by atoms with van der Waals surface area (Å²) in [7, 11) is 0. The summed E-state index contributed by atoms with van der Waals surface area (Å²) in [4.78, 5) is 0. The predicted molar refractivity (Wildman–Crippen MR) is 45.0 cm³/mol. The van der Waals surface area contributed by atoms with E-state index < -0.39 is 0 Å². The van der Waals surface area contributed by atoms with E-state index in [1.165, 1.54) is 43.9 Å². The summed E-state index contributed by atoms with van der Waals surface area (Å²) in [6, 6.07) is 0. The third-order valence-corrected chi connectivity index (χ3v) is 3.11. The van der Waals surface area contributed by atoms with Gasteiger partial charge in [0.2, 0.25) is 0 Å². The number of alkyl halides is 1. The number of hydrogen-bond donors (Lipinski definition) is 0. The molecule has 0 N–H and O–H groups in total. The molecule has 1 fully saturated rings. The zero-order valence-electron chi connectivity index (χ0n) is 5.91. The zero-order valence-corrected chi connectivity index (χ0v) is 7.49. The van der Waals surface area contributed by atoms with Crippen LogP contribution >= 0.6 is 15.9 Å². The van der Waals surface area contributed by atoms with Crippen LogP contribution in [0, 0.1) is 5.92 Å². The van der Waals surface area contributed by atoms with Crippen molar-refractivity contribution in [3.8, 4) is 0 Å². The Morgan fingerprint density at radius 1 is 1.00 bits per heavy atom. The highest BCUT2D eigenvalue weighted by Crippen LogP contribution is 2.23. The van der Waals surface area contributed by atoms with Crippen molar-refractivity contribution in [1.29, 1.82) is 0 Å². The molecule has 0 heterocycles. The van der Waals surface area contributed by atoms with E-state index in [0.717, 1.165) is 5.92 Å². The lowest BCUT2D eigenvalue weighted by molar-refractivity contribution is 0.516. The molecule has 0 aromatic heterocycles. The molecule has 0 unspecified atom stereocenters. The molecule has 0 aromatic carbocycles. The molecular weight excluding hydrogens is 176 g/mol. The quantitative estimate of drug-likeness (QED) is 0.440. The van der Waals surface area contributed by atoms with Crippen LogP contribution in [0.4, 0.5) is 0 Å². The largest absolute Gasteiger partial charge is 0.0925 e. The average Bonchev–Trinajstić information content (AvgIpc) is 2.13. The Hall–Kier alpha value is 0.480. The Labute approximate surface area is 66.2 Å². The van der Waals surface area contributed by atoms with Gasteiger partial charge in [0.15, 0.2) is 0 Å². The molecule has 54 valence electrons. The molecule has 1 aliphatic carbocycles. The van der Waals surface area contributed by atoms with Crippen LogP contribution in [0.15, 0.2) is 0 Å². The van der Waals surface area contributed by atoms with Gasteiger partial charge in [0.05, 0.1) is 0 Å². The lowest BCUT2D eigenvalue weighted by atomic mass is 10.0. The first-order valence-electron chi connectivity index (χ1n) is 3.99. The molecular formula is C8H15Br. The van der Waals surface area contributed by atoms with E-state index in [2.05, 4.69) is 15.9 Å². The second-order valence-corrected chi connectivity index (χ2v) is 3.66. The lowest BCUT2D eigenvalue weighted by Crippen LogP contribution is -1.98. The normalized spacial score (nSPS) is 23.7. The number of hydrogen-bond acceptors (Lipinski definition) is 0. The van der Waals surface area contributed by atoms with Gasteiger partial charge in [0.1, 0.15) is 0 Å². The predicted octanol–water partition coefficient (Wildman–Crippen LogP) is 3.35. The van der Waals surface area contributed by atoms with Crippen LogP contribution in [-0.4, -0.2) is 5.33 Å². The maximum absolute atomic E-state index is 3.55. The van der Waals surface area contributed by atoms with Crippen LogP contribution in [0.1, 0.15) is 38.5 Å². The lowest BCUT2D eigenvalue weighted by Gasteiger charge is -2.07. The summed E-state index contributed by atoms with van der Waals surface area (Å²) in [6.07, 6.45) is 8.82. The molecule has 0 atom stereocenters. The van der Waals surface area contributed by atoms with E-state index in [4.69, 9.17) is 0 Å². The second kappa shape index (κ2) is 4.32. The molecule has 0 saturated heterocycles. The molecule has 0 aliphatic heterocycles. The van der Waals surface area contributed by atoms with E-state index in [-0.39, 0.29) is 0 Å². The monoisotopic (exact) mass is 190 g/mol. The molecule has 0 radical (unpaired) electrons. The molecule has 0 bridgehead atoms.